The van der Waals surface area contributed by atoms with Gasteiger partial charge in [-0.15, -0.1) is 0 Å². The summed E-state index contributed by atoms with van der Waals surface area (Å²) in [4.78, 5) is 21.2. The zero-order chi connectivity index (χ0) is 21.6. The summed E-state index contributed by atoms with van der Waals surface area (Å²) < 4.78 is 10.9. The minimum absolute atomic E-state index is 0.0284. The molecule has 4 aromatic rings. The van der Waals surface area contributed by atoms with Crippen LogP contribution in [0, 0.1) is 12.3 Å². The predicted molar refractivity (Wildman–Crippen MR) is 118 cm³/mol. The van der Waals surface area contributed by atoms with E-state index in [0.717, 1.165) is 11.1 Å². The molecule has 0 saturated carbocycles. The minimum atomic E-state index is -0.399. The second-order valence-electron chi connectivity index (χ2n) is 6.70. The first kappa shape index (κ1) is 20.1. The van der Waals surface area contributed by atoms with Gasteiger partial charge in [-0.25, -0.2) is 0 Å². The van der Waals surface area contributed by atoms with Crippen LogP contribution < -0.4 is 14.8 Å². The summed E-state index contributed by atoms with van der Waals surface area (Å²) in [5.41, 5.74) is 2.74. The molecule has 1 N–H and O–H groups in total. The van der Waals surface area contributed by atoms with Crippen LogP contribution in [-0.2, 0) is 11.2 Å². The van der Waals surface area contributed by atoms with Gasteiger partial charge in [0.2, 0.25) is 0 Å². The number of carbonyl (C=O) groups excluding carboxylic acids is 1. The molecule has 3 aromatic carbocycles. The number of para-hydroxylation sites is 1. The molecule has 0 unspecified atom stereocenters. The first-order valence-corrected chi connectivity index (χ1v) is 9.53. The van der Waals surface area contributed by atoms with Gasteiger partial charge >= 0.3 is 143 Å². The van der Waals surface area contributed by atoms with Crippen LogP contribution >= 0.6 is 0 Å². The van der Waals surface area contributed by atoms with Gasteiger partial charge in [0.05, 0.1) is 0 Å². The number of hydrogen-bond donors (Lipinski definition) is 1. The fraction of sp³-hybridized carbons (Fsp3) is 0.0800. The first-order chi connectivity index (χ1) is 15.2. The third-order valence-electron chi connectivity index (χ3n) is 4.62. The quantitative estimate of drug-likeness (QED) is 0.220. The van der Waals surface area contributed by atoms with E-state index in [9.17, 15) is 4.79 Å². The van der Waals surface area contributed by atoms with Crippen LogP contribution in [-0.4, -0.2) is 23.0 Å². The molecule has 0 aliphatic carbocycles. The molecule has 0 amide bonds. The van der Waals surface area contributed by atoms with Crippen molar-refractivity contribution >= 4 is 28.4 Å². The Morgan fingerprint density at radius 2 is 1.90 bits per heavy atom. The number of methoxy groups -OCH3 is 1. The molecule has 1 aromatic heterocycles. The number of carbonyl (C=O) groups is 1. The predicted octanol–water partition coefficient (Wildman–Crippen LogP) is 4.47. The number of hydrogen-bond acceptors (Lipinski definition) is 6. The maximum absolute atomic E-state index is 12.5. The molecule has 150 valence electrons. The van der Waals surface area contributed by atoms with Crippen LogP contribution in [0.3, 0.4) is 0 Å². The Hall–Kier alpha value is -4.15. The van der Waals surface area contributed by atoms with Crippen molar-refractivity contribution in [2.45, 2.75) is 6.42 Å². The fourth-order valence-corrected chi connectivity index (χ4v) is 3.18. The third-order valence-corrected chi connectivity index (χ3v) is 4.62. The van der Waals surface area contributed by atoms with Gasteiger partial charge in [-0.1, -0.05) is 18.2 Å². The van der Waals surface area contributed by atoms with E-state index in [1.54, 1.807) is 49.6 Å². The van der Waals surface area contributed by atoms with E-state index in [-0.39, 0.29) is 6.42 Å². The topological polar surface area (TPSA) is 73.3 Å². The number of anilines is 2. The second-order valence-corrected chi connectivity index (χ2v) is 6.70. The summed E-state index contributed by atoms with van der Waals surface area (Å²) in [6, 6.07) is 19.8. The van der Waals surface area contributed by atoms with Crippen molar-refractivity contribution in [3.8, 4) is 17.4 Å². The van der Waals surface area contributed by atoms with E-state index < -0.39 is 5.97 Å². The first-order valence-electron chi connectivity index (χ1n) is 9.53. The van der Waals surface area contributed by atoms with E-state index in [2.05, 4.69) is 21.2 Å². The average molecular weight is 408 g/mol. The van der Waals surface area contributed by atoms with E-state index in [1.165, 1.54) is 6.33 Å². The molecule has 1 heterocycles. The van der Waals surface area contributed by atoms with Crippen molar-refractivity contribution in [1.82, 2.24) is 9.97 Å². The maximum atomic E-state index is 12.5. The normalized spacial score (nSPS) is 10.4. The summed E-state index contributed by atoms with van der Waals surface area (Å²) in [7, 11) is 1.55. The van der Waals surface area contributed by atoms with Crippen molar-refractivity contribution < 1.29 is 14.3 Å². The van der Waals surface area contributed by atoms with Crippen LogP contribution in [0.15, 0.2) is 73.1 Å². The Morgan fingerprint density at radius 3 is 2.68 bits per heavy atom. The monoisotopic (exact) mass is 408 g/mol. The molecule has 0 saturated heterocycles. The summed E-state index contributed by atoms with van der Waals surface area (Å²) in [5, 5.41) is 3.98. The third kappa shape index (κ3) is 4.71. The molecule has 6 nitrogen and oxygen atoms in total. The van der Waals surface area contributed by atoms with Gasteiger partial charge in [0.1, 0.15) is 5.75 Å². The molecule has 31 heavy (non-hydrogen) atoms. The zero-order valence-corrected chi connectivity index (χ0v) is 16.8. The van der Waals surface area contributed by atoms with E-state index in [0.29, 0.717) is 34.0 Å². The number of ether oxygens (including phenoxy) is 2. The van der Waals surface area contributed by atoms with Gasteiger partial charge in [-0.2, -0.15) is 0 Å². The number of nitrogens with zero attached hydrogens (tertiary/aromatic N) is 2. The molecular weight excluding hydrogens is 390 g/mol. The van der Waals surface area contributed by atoms with Crippen LogP contribution in [0.1, 0.15) is 11.1 Å². The number of aromatic nitrogens is 2. The van der Waals surface area contributed by atoms with E-state index in [4.69, 9.17) is 15.9 Å². The van der Waals surface area contributed by atoms with Gasteiger partial charge < -0.3 is 0 Å². The average Bonchev–Trinajstić information content (AvgIpc) is 2.80. The summed E-state index contributed by atoms with van der Waals surface area (Å²) in [6.45, 7) is 0. The molecule has 0 atom stereocenters. The molecule has 0 spiro atoms. The van der Waals surface area contributed by atoms with Gasteiger partial charge in [-0.05, 0) is 12.1 Å². The number of benzene rings is 3. The van der Waals surface area contributed by atoms with Crippen molar-refractivity contribution in [3.63, 3.8) is 0 Å². The molecule has 4 rings (SSSR count). The molecule has 0 aliphatic rings. The van der Waals surface area contributed by atoms with Crippen LogP contribution in [0.2, 0.25) is 0 Å². The van der Waals surface area contributed by atoms with Crippen LogP contribution in [0.5, 0.6) is 11.5 Å². The number of fused-ring (bicyclic) bond motifs is 1. The Bertz CT molecular complexity index is 1280. The molecule has 6 heteroatoms. The van der Waals surface area contributed by atoms with Gasteiger partial charge in [0.25, 0.3) is 0 Å². The number of rotatable bonds is 6. The molecule has 0 fully saturated rings. The van der Waals surface area contributed by atoms with Gasteiger partial charge in [0.15, 0.2) is 0 Å². The number of nitrogens with one attached hydrogen (secondary N) is 1. The number of esters is 1. The molecular formula is C25H18N3O3+. The molecule has 0 bridgehead atoms. The molecule has 0 radical (unpaired) electrons. The Kier molecular flexibility index (Phi) is 5.92. The summed E-state index contributed by atoms with van der Waals surface area (Å²) >= 11 is 0. The standard InChI is InChI=1S/C25H18N3O3/c1-3-17-8-7-9-19(12-17)28-25-21-13-18(23(30-2)15-22(21)26-16-27-25)14-24(29)31-20-10-5-4-6-11-20/h4-13,15-16H,14H2,2H3,(H,26,27,28)/q+1. The van der Waals surface area contributed by atoms with Crippen molar-refractivity contribution in [3.05, 3.63) is 90.6 Å². The Balaban J connectivity index is 1.66. The fourth-order valence-electron chi connectivity index (χ4n) is 3.18. The van der Waals surface area contributed by atoms with Crippen LogP contribution in [0.25, 0.3) is 10.9 Å². The second kappa shape index (κ2) is 9.11. The van der Waals surface area contributed by atoms with Crippen molar-refractivity contribution in [2.24, 2.45) is 0 Å². The SMILES string of the molecule is [C+]#Cc1cccc(Nc2ncnc3cc(OC)c(CC(=O)Oc4ccccc4)cc23)c1. The van der Waals surface area contributed by atoms with Crippen molar-refractivity contribution in [2.75, 3.05) is 12.4 Å². The summed E-state index contributed by atoms with van der Waals surface area (Å²) in [5.74, 6) is 3.57. The molecule has 0 aliphatic heterocycles. The Labute approximate surface area is 179 Å². The van der Waals surface area contributed by atoms with E-state index in [1.807, 2.05) is 24.3 Å². The van der Waals surface area contributed by atoms with Crippen LogP contribution in [0.4, 0.5) is 11.5 Å². The van der Waals surface area contributed by atoms with E-state index >= 15 is 0 Å². The van der Waals surface area contributed by atoms with Gasteiger partial charge in [0, 0.05) is 0 Å². The zero-order valence-electron chi connectivity index (χ0n) is 16.8. The summed E-state index contributed by atoms with van der Waals surface area (Å²) in [6.07, 6.45) is 8.80. The van der Waals surface area contributed by atoms with Crippen molar-refractivity contribution in [1.29, 1.82) is 0 Å². The Morgan fingerprint density at radius 1 is 1.06 bits per heavy atom. The van der Waals surface area contributed by atoms with Gasteiger partial charge in [-0.3, -0.25) is 0 Å².